The molecule has 0 heterocycles. The van der Waals surface area contributed by atoms with Crippen LogP contribution in [0.2, 0.25) is 0 Å². The molecule has 0 aliphatic rings. The molecule has 0 aliphatic heterocycles. The Morgan fingerprint density at radius 1 is 0.636 bits per heavy atom. The lowest BCUT2D eigenvalue weighted by Crippen LogP contribution is -2.14. The summed E-state index contributed by atoms with van der Waals surface area (Å²) in [7, 11) is -0.376. The van der Waals surface area contributed by atoms with Gasteiger partial charge in [0.2, 0.25) is 0 Å². The van der Waals surface area contributed by atoms with Crippen molar-refractivity contribution in [2.24, 2.45) is 0 Å². The summed E-state index contributed by atoms with van der Waals surface area (Å²) < 4.78 is 13.0. The van der Waals surface area contributed by atoms with Crippen molar-refractivity contribution in [2.75, 3.05) is 6.16 Å². The lowest BCUT2D eigenvalue weighted by atomic mass is 10.2. The summed E-state index contributed by atoms with van der Waals surface area (Å²) >= 11 is 0. The number of hydrogen-bond acceptors (Lipinski definition) is 0. The maximum Gasteiger partial charge on any atom is 0.123 e. The first kappa shape index (κ1) is 14.9. The van der Waals surface area contributed by atoms with Crippen molar-refractivity contribution >= 4 is 18.5 Å². The molecule has 3 aromatic carbocycles. The van der Waals surface area contributed by atoms with Crippen molar-refractivity contribution < 1.29 is 4.39 Å². The molecule has 0 aliphatic carbocycles. The van der Waals surface area contributed by atoms with Crippen molar-refractivity contribution in [3.05, 3.63) is 96.3 Å². The molecule has 0 spiro atoms. The Labute approximate surface area is 132 Å². The predicted molar refractivity (Wildman–Crippen MR) is 94.0 cm³/mol. The van der Waals surface area contributed by atoms with Crippen LogP contribution in [0.3, 0.4) is 0 Å². The molecule has 0 atom stereocenters. The lowest BCUT2D eigenvalue weighted by molar-refractivity contribution is 0.627. The summed E-state index contributed by atoms with van der Waals surface area (Å²) in [6.45, 7) is 0. The summed E-state index contributed by atoms with van der Waals surface area (Å²) in [5.41, 5.74) is 1.20. The average molecular weight is 308 g/mol. The van der Waals surface area contributed by atoms with Crippen LogP contribution in [-0.2, 0) is 6.42 Å². The molecule has 3 aromatic rings. The van der Waals surface area contributed by atoms with Crippen LogP contribution in [0, 0.1) is 5.82 Å². The van der Waals surface area contributed by atoms with Crippen LogP contribution < -0.4 is 10.6 Å². The summed E-state index contributed by atoms with van der Waals surface area (Å²) in [6.07, 6.45) is 2.05. The molecular weight excluding hydrogens is 290 g/mol. The fourth-order valence-electron chi connectivity index (χ4n) is 2.52. The fourth-order valence-corrected chi connectivity index (χ4v) is 4.88. The van der Waals surface area contributed by atoms with E-state index in [4.69, 9.17) is 0 Å². The van der Waals surface area contributed by atoms with Crippen molar-refractivity contribution in [1.82, 2.24) is 0 Å². The highest BCUT2D eigenvalue weighted by molar-refractivity contribution is 7.73. The zero-order valence-electron chi connectivity index (χ0n) is 12.3. The highest BCUT2D eigenvalue weighted by Gasteiger charge is 2.13. The van der Waals surface area contributed by atoms with E-state index in [2.05, 4.69) is 60.7 Å². The van der Waals surface area contributed by atoms with E-state index in [1.54, 1.807) is 12.1 Å². The van der Waals surface area contributed by atoms with Gasteiger partial charge in [0.05, 0.1) is 0 Å². The van der Waals surface area contributed by atoms with Gasteiger partial charge in [-0.15, -0.1) is 0 Å². The monoisotopic (exact) mass is 308 g/mol. The summed E-state index contributed by atoms with van der Waals surface area (Å²) in [4.78, 5) is 0. The maximum absolute atomic E-state index is 13.0. The van der Waals surface area contributed by atoms with Gasteiger partial charge >= 0.3 is 0 Å². The molecule has 0 aromatic heterocycles. The van der Waals surface area contributed by atoms with Crippen molar-refractivity contribution in [2.45, 2.75) is 6.42 Å². The van der Waals surface area contributed by atoms with Crippen LogP contribution in [0.1, 0.15) is 5.56 Å². The van der Waals surface area contributed by atoms with Crippen LogP contribution in [0.15, 0.2) is 84.9 Å². The molecular formula is C20H18FP. The van der Waals surface area contributed by atoms with Crippen LogP contribution in [0.25, 0.3) is 0 Å². The Morgan fingerprint density at radius 3 is 1.64 bits per heavy atom. The SMILES string of the molecule is Fc1ccc(CCP(c2ccccc2)c2ccccc2)cc1. The second kappa shape index (κ2) is 7.33. The zero-order valence-corrected chi connectivity index (χ0v) is 13.2. The largest absolute Gasteiger partial charge is 0.207 e. The molecule has 0 radical (unpaired) electrons. The van der Waals surface area contributed by atoms with Crippen LogP contribution >= 0.6 is 7.92 Å². The molecule has 0 fully saturated rings. The van der Waals surface area contributed by atoms with Gasteiger partial charge in [0.1, 0.15) is 5.82 Å². The van der Waals surface area contributed by atoms with Crippen molar-refractivity contribution in [3.8, 4) is 0 Å². The first-order chi connectivity index (χ1) is 10.8. The summed E-state index contributed by atoms with van der Waals surface area (Å²) in [5.74, 6) is -0.169. The predicted octanol–water partition coefficient (Wildman–Crippen LogP) is 4.50. The third-order valence-corrected chi connectivity index (χ3v) is 6.19. The van der Waals surface area contributed by atoms with Gasteiger partial charge in [-0.1, -0.05) is 72.8 Å². The van der Waals surface area contributed by atoms with Crippen molar-refractivity contribution in [1.29, 1.82) is 0 Å². The van der Waals surface area contributed by atoms with Crippen LogP contribution in [0.4, 0.5) is 4.39 Å². The number of hydrogen-bond donors (Lipinski definition) is 0. The first-order valence-electron chi connectivity index (χ1n) is 7.45. The average Bonchev–Trinajstić information content (AvgIpc) is 2.59. The van der Waals surface area contributed by atoms with E-state index >= 15 is 0 Å². The molecule has 2 heteroatoms. The minimum Gasteiger partial charge on any atom is -0.207 e. The highest BCUT2D eigenvalue weighted by atomic mass is 31.1. The second-order valence-corrected chi connectivity index (χ2v) is 7.54. The van der Waals surface area contributed by atoms with E-state index in [-0.39, 0.29) is 13.7 Å². The molecule has 22 heavy (non-hydrogen) atoms. The Morgan fingerprint density at radius 2 is 1.14 bits per heavy atom. The van der Waals surface area contributed by atoms with Gasteiger partial charge in [-0.2, -0.15) is 0 Å². The number of rotatable bonds is 5. The molecule has 3 rings (SSSR count). The van der Waals surface area contributed by atoms with Crippen LogP contribution in [-0.4, -0.2) is 6.16 Å². The molecule has 0 amide bonds. The standard InChI is InChI=1S/C20H18FP/c21-18-13-11-17(12-14-18)15-16-22(19-7-3-1-4-8-19)20-9-5-2-6-10-20/h1-14H,15-16H2. The van der Waals surface area contributed by atoms with Gasteiger partial charge in [0.25, 0.3) is 0 Å². The Balaban J connectivity index is 1.81. The van der Waals surface area contributed by atoms with Crippen LogP contribution in [0.5, 0.6) is 0 Å². The van der Waals surface area contributed by atoms with Gasteiger partial charge in [-0.05, 0) is 48.8 Å². The molecule has 0 unspecified atom stereocenters. The minimum absolute atomic E-state index is 0.169. The topological polar surface area (TPSA) is 0 Å². The van der Waals surface area contributed by atoms with Gasteiger partial charge in [-0.3, -0.25) is 0 Å². The van der Waals surface area contributed by atoms with E-state index in [0.29, 0.717) is 0 Å². The third-order valence-electron chi connectivity index (χ3n) is 3.67. The Kier molecular flexibility index (Phi) is 4.98. The van der Waals surface area contributed by atoms with Crippen molar-refractivity contribution in [3.63, 3.8) is 0 Å². The third kappa shape index (κ3) is 3.81. The van der Waals surface area contributed by atoms with E-state index in [9.17, 15) is 4.39 Å². The smallest absolute Gasteiger partial charge is 0.123 e. The van der Waals surface area contributed by atoms with Gasteiger partial charge in [0, 0.05) is 0 Å². The maximum atomic E-state index is 13.0. The Bertz CT molecular complexity index is 653. The lowest BCUT2D eigenvalue weighted by Gasteiger charge is -2.18. The van der Waals surface area contributed by atoms with Gasteiger partial charge in [-0.25, -0.2) is 4.39 Å². The quantitative estimate of drug-likeness (QED) is 0.609. The number of halogens is 1. The minimum atomic E-state index is -0.376. The number of aryl methyl sites for hydroxylation is 1. The van der Waals surface area contributed by atoms with E-state index < -0.39 is 0 Å². The molecule has 0 nitrogen and oxygen atoms in total. The highest BCUT2D eigenvalue weighted by Crippen LogP contribution is 2.34. The van der Waals surface area contributed by atoms with Gasteiger partial charge < -0.3 is 0 Å². The van der Waals surface area contributed by atoms with Gasteiger partial charge in [0.15, 0.2) is 0 Å². The van der Waals surface area contributed by atoms with E-state index in [0.717, 1.165) is 12.6 Å². The molecule has 0 saturated carbocycles. The summed E-state index contributed by atoms with van der Waals surface area (Å²) in [5, 5.41) is 2.79. The normalized spacial score (nSPS) is 10.8. The molecule has 0 N–H and O–H groups in total. The Hall–Kier alpha value is -1.98. The first-order valence-corrected chi connectivity index (χ1v) is 8.98. The second-order valence-electron chi connectivity index (χ2n) is 5.20. The molecule has 0 saturated heterocycles. The molecule has 110 valence electrons. The zero-order chi connectivity index (χ0) is 15.2. The molecule has 0 bridgehead atoms. The van der Waals surface area contributed by atoms with E-state index in [1.807, 2.05) is 12.1 Å². The fraction of sp³-hybridized carbons (Fsp3) is 0.100. The summed E-state index contributed by atoms with van der Waals surface area (Å²) in [6, 6.07) is 28.2. The van der Waals surface area contributed by atoms with E-state index in [1.165, 1.54) is 16.2 Å². The number of benzene rings is 3.